The topological polar surface area (TPSA) is 49.6 Å². The zero-order chi connectivity index (χ0) is 11.0. The summed E-state index contributed by atoms with van der Waals surface area (Å²) < 4.78 is 0. The predicted octanol–water partition coefficient (Wildman–Crippen LogP) is 1.31. The van der Waals surface area contributed by atoms with E-state index in [2.05, 4.69) is 0 Å². The number of hydrogen-bond donors (Lipinski definition) is 1. The molecule has 0 fully saturated rings. The second-order valence-electron chi connectivity index (χ2n) is 3.92. The van der Waals surface area contributed by atoms with Crippen LogP contribution < -0.4 is 10.6 Å². The van der Waals surface area contributed by atoms with E-state index in [1.807, 2.05) is 18.2 Å². The normalized spacial score (nSPS) is 13.9. The van der Waals surface area contributed by atoms with Gasteiger partial charge in [-0.15, -0.1) is 0 Å². The van der Waals surface area contributed by atoms with Crippen LogP contribution in [-0.2, 0) is 6.42 Å². The van der Waals surface area contributed by atoms with Gasteiger partial charge < -0.3 is 10.6 Å². The molecule has 0 unspecified atom stereocenters. The first-order valence-electron chi connectivity index (χ1n) is 4.97. The fourth-order valence-corrected chi connectivity index (χ4v) is 1.90. The first kappa shape index (κ1) is 9.83. The Labute approximate surface area is 89.3 Å². The molecule has 1 aromatic carbocycles. The highest BCUT2D eigenvalue weighted by molar-refractivity contribution is 5.95. The van der Waals surface area contributed by atoms with Crippen LogP contribution in [0.4, 0.5) is 16.2 Å². The molecule has 4 nitrogen and oxygen atoms in total. The van der Waals surface area contributed by atoms with Gasteiger partial charge in [0.05, 0.1) is 5.69 Å². The van der Waals surface area contributed by atoms with Crippen LogP contribution in [0.15, 0.2) is 18.2 Å². The van der Waals surface area contributed by atoms with E-state index < -0.39 is 0 Å². The lowest BCUT2D eigenvalue weighted by Crippen LogP contribution is -2.38. The van der Waals surface area contributed by atoms with E-state index in [-0.39, 0.29) is 6.03 Å². The lowest BCUT2D eigenvalue weighted by Gasteiger charge is -2.21. The number of rotatable bonds is 0. The molecule has 0 aliphatic carbocycles. The van der Waals surface area contributed by atoms with Gasteiger partial charge in [-0.1, -0.05) is 6.07 Å². The van der Waals surface area contributed by atoms with Gasteiger partial charge in [0.15, 0.2) is 0 Å². The standard InChI is InChI=1S/C11H15N3O/c1-13(2)11(15)14-7-6-8-9(12)4-3-5-10(8)14/h3-5H,6-7,12H2,1-2H3. The molecule has 2 rings (SSSR count). The van der Waals surface area contributed by atoms with Crippen LogP contribution in [0.1, 0.15) is 5.56 Å². The van der Waals surface area contributed by atoms with Gasteiger partial charge in [0.2, 0.25) is 0 Å². The summed E-state index contributed by atoms with van der Waals surface area (Å²) >= 11 is 0. The molecule has 1 aliphatic rings. The average Bonchev–Trinajstić information content (AvgIpc) is 2.61. The van der Waals surface area contributed by atoms with E-state index in [9.17, 15) is 4.79 Å². The molecule has 0 spiro atoms. The van der Waals surface area contributed by atoms with Crippen molar-refractivity contribution in [1.29, 1.82) is 0 Å². The van der Waals surface area contributed by atoms with Crippen LogP contribution in [-0.4, -0.2) is 31.6 Å². The maximum atomic E-state index is 11.8. The van der Waals surface area contributed by atoms with Crippen molar-refractivity contribution in [2.45, 2.75) is 6.42 Å². The van der Waals surface area contributed by atoms with Gasteiger partial charge in [0.1, 0.15) is 0 Å². The van der Waals surface area contributed by atoms with E-state index in [1.54, 1.807) is 23.9 Å². The zero-order valence-corrected chi connectivity index (χ0v) is 9.03. The van der Waals surface area contributed by atoms with Gasteiger partial charge in [0, 0.05) is 31.9 Å². The van der Waals surface area contributed by atoms with Gasteiger partial charge in [-0.05, 0) is 18.6 Å². The molecule has 2 amide bonds. The minimum Gasteiger partial charge on any atom is -0.398 e. The molecule has 4 heteroatoms. The Kier molecular flexibility index (Phi) is 2.26. The van der Waals surface area contributed by atoms with Crippen LogP contribution in [0, 0.1) is 0 Å². The van der Waals surface area contributed by atoms with Crippen molar-refractivity contribution in [1.82, 2.24) is 4.90 Å². The van der Waals surface area contributed by atoms with Gasteiger partial charge in [0.25, 0.3) is 0 Å². The molecular weight excluding hydrogens is 190 g/mol. The summed E-state index contributed by atoms with van der Waals surface area (Å²) in [5.74, 6) is 0. The summed E-state index contributed by atoms with van der Waals surface area (Å²) in [5.41, 5.74) is 8.68. The molecule has 1 heterocycles. The lowest BCUT2D eigenvalue weighted by atomic mass is 10.1. The van der Waals surface area contributed by atoms with E-state index in [4.69, 9.17) is 5.73 Å². The molecule has 0 radical (unpaired) electrons. The predicted molar refractivity (Wildman–Crippen MR) is 61.0 cm³/mol. The summed E-state index contributed by atoms with van der Waals surface area (Å²) in [4.78, 5) is 15.2. The van der Waals surface area contributed by atoms with Crippen LogP contribution in [0.3, 0.4) is 0 Å². The maximum absolute atomic E-state index is 11.8. The number of anilines is 2. The Morgan fingerprint density at radius 2 is 2.20 bits per heavy atom. The number of nitrogens with zero attached hydrogens (tertiary/aromatic N) is 2. The molecule has 1 aliphatic heterocycles. The number of carbonyl (C=O) groups is 1. The van der Waals surface area contributed by atoms with Crippen LogP contribution in [0.2, 0.25) is 0 Å². The SMILES string of the molecule is CN(C)C(=O)N1CCc2c(N)cccc21. The van der Waals surface area contributed by atoms with Crippen molar-refractivity contribution < 1.29 is 4.79 Å². The summed E-state index contributed by atoms with van der Waals surface area (Å²) in [6, 6.07) is 5.72. The number of carbonyl (C=O) groups excluding carboxylic acids is 1. The molecule has 0 saturated carbocycles. The molecule has 1 aromatic rings. The minimum absolute atomic E-state index is 0.0133. The van der Waals surface area contributed by atoms with Crippen LogP contribution in [0.25, 0.3) is 0 Å². The summed E-state index contributed by atoms with van der Waals surface area (Å²) in [6.45, 7) is 0.723. The molecule has 80 valence electrons. The Hall–Kier alpha value is -1.71. The number of nitrogens with two attached hydrogens (primary N) is 1. The van der Waals surface area contributed by atoms with Gasteiger partial charge >= 0.3 is 6.03 Å². The summed E-state index contributed by atoms with van der Waals surface area (Å²) in [5, 5.41) is 0. The third-order valence-corrected chi connectivity index (χ3v) is 2.68. The van der Waals surface area contributed by atoms with Crippen molar-refractivity contribution in [3.63, 3.8) is 0 Å². The first-order chi connectivity index (χ1) is 7.11. The van der Waals surface area contributed by atoms with Crippen molar-refractivity contribution in [3.05, 3.63) is 23.8 Å². The highest BCUT2D eigenvalue weighted by atomic mass is 16.2. The van der Waals surface area contributed by atoms with Crippen molar-refractivity contribution in [2.75, 3.05) is 31.3 Å². The number of benzene rings is 1. The maximum Gasteiger partial charge on any atom is 0.323 e. The molecule has 0 bridgehead atoms. The smallest absolute Gasteiger partial charge is 0.323 e. The first-order valence-corrected chi connectivity index (χ1v) is 4.97. The summed E-state index contributed by atoms with van der Waals surface area (Å²) in [6.07, 6.45) is 0.849. The molecule has 0 aromatic heterocycles. The van der Waals surface area contributed by atoms with Crippen molar-refractivity contribution in [2.24, 2.45) is 0 Å². The molecule has 0 saturated heterocycles. The number of nitrogen functional groups attached to an aromatic ring is 1. The third-order valence-electron chi connectivity index (χ3n) is 2.68. The fraction of sp³-hybridized carbons (Fsp3) is 0.364. The number of fused-ring (bicyclic) bond motifs is 1. The lowest BCUT2D eigenvalue weighted by molar-refractivity contribution is 0.224. The molecular formula is C11H15N3O. The highest BCUT2D eigenvalue weighted by Crippen LogP contribution is 2.32. The summed E-state index contributed by atoms with van der Waals surface area (Å²) in [7, 11) is 3.51. The fourth-order valence-electron chi connectivity index (χ4n) is 1.90. The largest absolute Gasteiger partial charge is 0.398 e. The monoisotopic (exact) mass is 205 g/mol. The zero-order valence-electron chi connectivity index (χ0n) is 9.03. The molecule has 15 heavy (non-hydrogen) atoms. The Morgan fingerprint density at radius 1 is 1.47 bits per heavy atom. The van der Waals surface area contributed by atoms with Gasteiger partial charge in [-0.25, -0.2) is 4.79 Å². The number of urea groups is 1. The Morgan fingerprint density at radius 3 is 2.87 bits per heavy atom. The third kappa shape index (κ3) is 1.52. The van der Waals surface area contributed by atoms with Crippen molar-refractivity contribution >= 4 is 17.4 Å². The van der Waals surface area contributed by atoms with E-state index >= 15 is 0 Å². The van der Waals surface area contributed by atoms with Gasteiger partial charge in [-0.2, -0.15) is 0 Å². The molecule has 0 atom stereocenters. The van der Waals surface area contributed by atoms with Crippen LogP contribution >= 0.6 is 0 Å². The van der Waals surface area contributed by atoms with E-state index in [0.717, 1.165) is 29.9 Å². The second-order valence-corrected chi connectivity index (χ2v) is 3.92. The Bertz CT molecular complexity index is 401. The van der Waals surface area contributed by atoms with Crippen LogP contribution in [0.5, 0.6) is 0 Å². The molecule has 2 N–H and O–H groups in total. The second kappa shape index (κ2) is 3.46. The van der Waals surface area contributed by atoms with E-state index in [0.29, 0.717) is 0 Å². The van der Waals surface area contributed by atoms with E-state index in [1.165, 1.54) is 0 Å². The highest BCUT2D eigenvalue weighted by Gasteiger charge is 2.26. The number of amides is 2. The van der Waals surface area contributed by atoms with Crippen molar-refractivity contribution in [3.8, 4) is 0 Å². The minimum atomic E-state index is 0.0133. The average molecular weight is 205 g/mol. The van der Waals surface area contributed by atoms with Gasteiger partial charge in [-0.3, -0.25) is 4.90 Å². The quantitative estimate of drug-likeness (QED) is 0.649. The number of hydrogen-bond acceptors (Lipinski definition) is 2. The Balaban J connectivity index is 2.37.